The first-order chi connectivity index (χ1) is 5.91. The predicted molar refractivity (Wildman–Crippen MR) is 50.3 cm³/mol. The van der Waals surface area contributed by atoms with Crippen molar-refractivity contribution in [3.63, 3.8) is 0 Å². The Labute approximate surface area is 75.3 Å². The molecule has 0 N–H and O–H groups in total. The molecule has 0 rings (SSSR count). The molecule has 0 fully saturated rings. The van der Waals surface area contributed by atoms with Crippen molar-refractivity contribution in [2.24, 2.45) is 0 Å². The van der Waals surface area contributed by atoms with Crippen LogP contribution in [0.4, 0.5) is 0 Å². The van der Waals surface area contributed by atoms with Crippen LogP contribution in [0.5, 0.6) is 0 Å². The van der Waals surface area contributed by atoms with E-state index in [9.17, 15) is 4.79 Å². The first kappa shape index (κ1) is 11.6. The van der Waals surface area contributed by atoms with Gasteiger partial charge in [0.2, 0.25) is 0 Å². The van der Waals surface area contributed by atoms with Gasteiger partial charge in [0.05, 0.1) is 0 Å². The Bertz CT molecular complexity index is 91.8. The molecule has 0 saturated carbocycles. The lowest BCUT2D eigenvalue weighted by atomic mass is 10.2. The SMILES string of the molecule is CCCCCOCCCCC=O. The van der Waals surface area contributed by atoms with Gasteiger partial charge < -0.3 is 9.53 Å². The second kappa shape index (κ2) is 10.6. The molecule has 0 heterocycles. The average Bonchev–Trinajstić information content (AvgIpc) is 2.10. The van der Waals surface area contributed by atoms with E-state index in [0.717, 1.165) is 32.3 Å². The summed E-state index contributed by atoms with van der Waals surface area (Å²) in [5.74, 6) is 0. The Morgan fingerprint density at radius 3 is 2.33 bits per heavy atom. The maximum Gasteiger partial charge on any atom is 0.119 e. The Morgan fingerprint density at radius 2 is 1.75 bits per heavy atom. The summed E-state index contributed by atoms with van der Waals surface area (Å²) in [6, 6.07) is 0. The third-order valence-corrected chi connectivity index (χ3v) is 1.75. The van der Waals surface area contributed by atoms with E-state index in [0.29, 0.717) is 6.42 Å². The van der Waals surface area contributed by atoms with Crippen LogP contribution in [0.2, 0.25) is 0 Å². The van der Waals surface area contributed by atoms with Crippen molar-refractivity contribution in [2.45, 2.75) is 45.4 Å². The van der Waals surface area contributed by atoms with Gasteiger partial charge in [-0.3, -0.25) is 0 Å². The summed E-state index contributed by atoms with van der Waals surface area (Å²) in [6.07, 6.45) is 7.31. The molecule has 0 aromatic carbocycles. The molecule has 0 amide bonds. The second-order valence-electron chi connectivity index (χ2n) is 2.98. The first-order valence-electron chi connectivity index (χ1n) is 4.93. The van der Waals surface area contributed by atoms with Crippen LogP contribution >= 0.6 is 0 Å². The van der Waals surface area contributed by atoms with Crippen LogP contribution in [0, 0.1) is 0 Å². The zero-order valence-corrected chi connectivity index (χ0v) is 8.05. The number of ether oxygens (including phenoxy) is 1. The normalized spacial score (nSPS) is 10.1. The van der Waals surface area contributed by atoms with E-state index in [1.807, 2.05) is 0 Å². The fraction of sp³-hybridized carbons (Fsp3) is 0.900. The summed E-state index contributed by atoms with van der Waals surface area (Å²) in [6.45, 7) is 3.89. The fourth-order valence-electron chi connectivity index (χ4n) is 0.988. The maximum absolute atomic E-state index is 9.94. The molecule has 72 valence electrons. The van der Waals surface area contributed by atoms with Crippen molar-refractivity contribution in [2.75, 3.05) is 13.2 Å². The summed E-state index contributed by atoms with van der Waals surface area (Å²) in [5, 5.41) is 0. The van der Waals surface area contributed by atoms with Crippen molar-refractivity contribution in [3.05, 3.63) is 0 Å². The number of unbranched alkanes of at least 4 members (excludes halogenated alkanes) is 4. The molecule has 0 bridgehead atoms. The zero-order valence-electron chi connectivity index (χ0n) is 8.05. The molecule has 0 aromatic rings. The van der Waals surface area contributed by atoms with E-state index in [2.05, 4.69) is 6.92 Å². The molecule has 0 atom stereocenters. The summed E-state index contributed by atoms with van der Waals surface area (Å²) < 4.78 is 5.37. The highest BCUT2D eigenvalue weighted by atomic mass is 16.5. The Hall–Kier alpha value is -0.370. The molecule has 0 aromatic heterocycles. The highest BCUT2D eigenvalue weighted by molar-refractivity contribution is 5.48. The van der Waals surface area contributed by atoms with Gasteiger partial charge in [0.25, 0.3) is 0 Å². The average molecular weight is 172 g/mol. The number of aldehydes is 1. The van der Waals surface area contributed by atoms with Gasteiger partial charge in [-0.2, -0.15) is 0 Å². The van der Waals surface area contributed by atoms with Crippen molar-refractivity contribution in [1.82, 2.24) is 0 Å². The Morgan fingerprint density at radius 1 is 1.08 bits per heavy atom. The lowest BCUT2D eigenvalue weighted by Gasteiger charge is -2.01. The molecule has 2 heteroatoms. The van der Waals surface area contributed by atoms with Gasteiger partial charge in [0.1, 0.15) is 6.29 Å². The monoisotopic (exact) mass is 172 g/mol. The van der Waals surface area contributed by atoms with Crippen LogP contribution in [0.3, 0.4) is 0 Å². The largest absolute Gasteiger partial charge is 0.381 e. The van der Waals surface area contributed by atoms with Gasteiger partial charge in [-0.05, 0) is 19.3 Å². The third kappa shape index (κ3) is 9.63. The molecule has 0 spiro atoms. The van der Waals surface area contributed by atoms with Crippen LogP contribution in [-0.2, 0) is 9.53 Å². The Balaban J connectivity index is 2.77. The molecule has 12 heavy (non-hydrogen) atoms. The molecule has 0 unspecified atom stereocenters. The quantitative estimate of drug-likeness (QED) is 0.394. The molecule has 0 saturated heterocycles. The van der Waals surface area contributed by atoms with Crippen LogP contribution in [0.25, 0.3) is 0 Å². The van der Waals surface area contributed by atoms with Gasteiger partial charge in [-0.1, -0.05) is 19.8 Å². The summed E-state index contributed by atoms with van der Waals surface area (Å²) in [5.41, 5.74) is 0. The minimum atomic E-state index is 0.679. The lowest BCUT2D eigenvalue weighted by molar-refractivity contribution is -0.108. The van der Waals surface area contributed by atoms with Gasteiger partial charge in [0, 0.05) is 19.6 Å². The van der Waals surface area contributed by atoms with Crippen LogP contribution in [0.1, 0.15) is 45.4 Å². The molecule has 0 aliphatic carbocycles. The van der Waals surface area contributed by atoms with Crippen molar-refractivity contribution >= 4 is 6.29 Å². The number of hydrogen-bond donors (Lipinski definition) is 0. The van der Waals surface area contributed by atoms with Crippen molar-refractivity contribution < 1.29 is 9.53 Å². The summed E-state index contributed by atoms with van der Waals surface area (Å²) in [4.78, 5) is 9.94. The van der Waals surface area contributed by atoms with Crippen LogP contribution in [-0.4, -0.2) is 19.5 Å². The highest BCUT2D eigenvalue weighted by Crippen LogP contribution is 1.97. The minimum Gasteiger partial charge on any atom is -0.381 e. The highest BCUT2D eigenvalue weighted by Gasteiger charge is 1.89. The number of hydrogen-bond acceptors (Lipinski definition) is 2. The van der Waals surface area contributed by atoms with Gasteiger partial charge >= 0.3 is 0 Å². The lowest BCUT2D eigenvalue weighted by Crippen LogP contribution is -1.96. The smallest absolute Gasteiger partial charge is 0.119 e. The van der Waals surface area contributed by atoms with Gasteiger partial charge in [-0.25, -0.2) is 0 Å². The van der Waals surface area contributed by atoms with E-state index in [-0.39, 0.29) is 0 Å². The molecule has 0 aliphatic rings. The molecule has 2 nitrogen and oxygen atoms in total. The summed E-state index contributed by atoms with van der Waals surface area (Å²) >= 11 is 0. The predicted octanol–water partition coefficient (Wildman–Crippen LogP) is 2.56. The fourth-order valence-corrected chi connectivity index (χ4v) is 0.988. The number of carbonyl (C=O) groups excluding carboxylic acids is 1. The molecular weight excluding hydrogens is 152 g/mol. The van der Waals surface area contributed by atoms with E-state index in [4.69, 9.17) is 4.74 Å². The number of rotatable bonds is 9. The molecule has 0 radical (unpaired) electrons. The minimum absolute atomic E-state index is 0.679. The van der Waals surface area contributed by atoms with Crippen molar-refractivity contribution in [1.29, 1.82) is 0 Å². The molecule has 0 aliphatic heterocycles. The second-order valence-corrected chi connectivity index (χ2v) is 2.98. The van der Waals surface area contributed by atoms with Gasteiger partial charge in [0.15, 0.2) is 0 Å². The number of carbonyl (C=O) groups is 1. The van der Waals surface area contributed by atoms with E-state index in [1.54, 1.807) is 0 Å². The zero-order chi connectivity index (χ0) is 9.07. The standard InChI is InChI=1S/C10H20O2/c1-2-3-6-9-12-10-7-4-5-8-11/h8H,2-7,9-10H2,1H3. The summed E-state index contributed by atoms with van der Waals surface area (Å²) in [7, 11) is 0. The first-order valence-corrected chi connectivity index (χ1v) is 4.93. The van der Waals surface area contributed by atoms with E-state index in [1.165, 1.54) is 19.3 Å². The van der Waals surface area contributed by atoms with Crippen LogP contribution in [0.15, 0.2) is 0 Å². The Kier molecular flexibility index (Phi) is 10.3. The maximum atomic E-state index is 9.94. The van der Waals surface area contributed by atoms with E-state index < -0.39 is 0 Å². The van der Waals surface area contributed by atoms with Gasteiger partial charge in [-0.15, -0.1) is 0 Å². The topological polar surface area (TPSA) is 26.3 Å². The third-order valence-electron chi connectivity index (χ3n) is 1.75. The molecular formula is C10H20O2. The van der Waals surface area contributed by atoms with Crippen LogP contribution < -0.4 is 0 Å². The van der Waals surface area contributed by atoms with E-state index >= 15 is 0 Å². The van der Waals surface area contributed by atoms with Crippen molar-refractivity contribution in [3.8, 4) is 0 Å².